The van der Waals surface area contributed by atoms with Crippen LogP contribution in [0.25, 0.3) is 0 Å². The average Bonchev–Trinajstić information content (AvgIpc) is 3.08. The highest BCUT2D eigenvalue weighted by molar-refractivity contribution is 5.89. The van der Waals surface area contributed by atoms with Crippen LogP contribution in [0.1, 0.15) is 42.4 Å². The number of ether oxygens (including phenoxy) is 2. The Morgan fingerprint density at radius 1 is 0.841 bits per heavy atom. The van der Waals surface area contributed by atoms with Gasteiger partial charge in [0.05, 0.1) is 7.11 Å². The van der Waals surface area contributed by atoms with E-state index < -0.39 is 29.6 Å². The Bertz CT molecular complexity index is 1380. The standard InChI is InChI=1S/C35H37N3O6/c1-43-32(40)24-36-33(41)30(37-34(42)44-25-26-14-6-2-7-15-26)22-23-31(39)38-35(27-16-8-3-9-17-27,28-18-10-4-11-19-28)29-20-12-5-13-21-29/h2-6,8-14,16-21,30H,7,15,22-25H2,1H3,(H,36,41)(H,37,42)(H,38,39)/t30-/m0/s1. The molecule has 4 rings (SSSR count). The van der Waals surface area contributed by atoms with Crippen LogP contribution in [0.5, 0.6) is 0 Å². The summed E-state index contributed by atoms with van der Waals surface area (Å²) in [6.45, 7) is -0.298. The molecule has 3 amide bonds. The van der Waals surface area contributed by atoms with E-state index in [0.29, 0.717) is 0 Å². The van der Waals surface area contributed by atoms with Gasteiger partial charge in [-0.1, -0.05) is 109 Å². The predicted octanol–water partition coefficient (Wildman–Crippen LogP) is 4.54. The predicted molar refractivity (Wildman–Crippen MR) is 166 cm³/mol. The zero-order valence-corrected chi connectivity index (χ0v) is 24.7. The van der Waals surface area contributed by atoms with Crippen molar-refractivity contribution in [3.05, 3.63) is 131 Å². The largest absolute Gasteiger partial charge is 0.468 e. The molecule has 0 radical (unpaired) electrons. The summed E-state index contributed by atoms with van der Waals surface area (Å²) in [6.07, 6.45) is 6.50. The van der Waals surface area contributed by atoms with Crippen molar-refractivity contribution in [2.75, 3.05) is 20.3 Å². The normalized spacial score (nSPS) is 13.2. The lowest BCUT2D eigenvalue weighted by molar-refractivity contribution is -0.141. The van der Waals surface area contributed by atoms with Crippen LogP contribution in [0.3, 0.4) is 0 Å². The number of rotatable bonds is 13. The number of benzene rings is 3. The number of amides is 3. The lowest BCUT2D eigenvalue weighted by atomic mass is 9.77. The Balaban J connectivity index is 1.54. The van der Waals surface area contributed by atoms with E-state index >= 15 is 0 Å². The number of hydrogen-bond donors (Lipinski definition) is 3. The molecule has 1 aliphatic carbocycles. The summed E-state index contributed by atoms with van der Waals surface area (Å²) < 4.78 is 9.95. The Labute approximate surface area is 257 Å². The molecular formula is C35H37N3O6. The zero-order valence-electron chi connectivity index (χ0n) is 24.7. The molecule has 0 heterocycles. The second-order valence-corrected chi connectivity index (χ2v) is 10.3. The van der Waals surface area contributed by atoms with Crippen molar-refractivity contribution in [3.8, 4) is 0 Å². The molecular weight excluding hydrogens is 558 g/mol. The fourth-order valence-corrected chi connectivity index (χ4v) is 5.07. The molecule has 3 N–H and O–H groups in total. The molecule has 0 saturated carbocycles. The highest BCUT2D eigenvalue weighted by Crippen LogP contribution is 2.36. The molecule has 3 aromatic carbocycles. The van der Waals surface area contributed by atoms with E-state index in [0.717, 1.165) is 35.1 Å². The van der Waals surface area contributed by atoms with Crippen LogP contribution in [-0.4, -0.2) is 50.2 Å². The Hall–Kier alpha value is -5.18. The molecule has 0 fully saturated rings. The maximum atomic E-state index is 13.8. The maximum absolute atomic E-state index is 13.8. The van der Waals surface area contributed by atoms with Crippen LogP contribution < -0.4 is 16.0 Å². The first kappa shape index (κ1) is 31.7. The van der Waals surface area contributed by atoms with E-state index in [1.165, 1.54) is 7.11 Å². The first-order chi connectivity index (χ1) is 21.4. The third-order valence-corrected chi connectivity index (χ3v) is 7.34. The van der Waals surface area contributed by atoms with Gasteiger partial charge in [-0.05, 0) is 41.5 Å². The summed E-state index contributed by atoms with van der Waals surface area (Å²) in [5.41, 5.74) is 2.48. The fourth-order valence-electron chi connectivity index (χ4n) is 5.07. The summed E-state index contributed by atoms with van der Waals surface area (Å²) in [7, 11) is 1.21. The van der Waals surface area contributed by atoms with E-state index in [2.05, 4.69) is 20.7 Å². The van der Waals surface area contributed by atoms with Gasteiger partial charge in [0.25, 0.3) is 0 Å². The van der Waals surface area contributed by atoms with E-state index in [-0.39, 0.29) is 31.9 Å². The first-order valence-electron chi connectivity index (χ1n) is 14.5. The molecule has 3 aromatic rings. The second kappa shape index (κ2) is 15.9. The number of alkyl carbamates (subject to hydrolysis) is 1. The minimum atomic E-state index is -1.14. The number of esters is 1. The third-order valence-electron chi connectivity index (χ3n) is 7.34. The Morgan fingerprint density at radius 2 is 1.41 bits per heavy atom. The van der Waals surface area contributed by atoms with Gasteiger partial charge in [0.1, 0.15) is 24.7 Å². The minimum absolute atomic E-state index is 0.0478. The molecule has 0 unspecified atom stereocenters. The van der Waals surface area contributed by atoms with Crippen LogP contribution in [0.2, 0.25) is 0 Å². The van der Waals surface area contributed by atoms with Gasteiger partial charge in [-0.2, -0.15) is 0 Å². The van der Waals surface area contributed by atoms with E-state index in [9.17, 15) is 19.2 Å². The zero-order chi connectivity index (χ0) is 31.2. The van der Waals surface area contributed by atoms with Crippen molar-refractivity contribution in [1.82, 2.24) is 16.0 Å². The van der Waals surface area contributed by atoms with Gasteiger partial charge in [0.15, 0.2) is 0 Å². The monoisotopic (exact) mass is 595 g/mol. The SMILES string of the molecule is COC(=O)CNC(=O)[C@H](CCC(=O)NC(c1ccccc1)(c1ccccc1)c1ccccc1)NC(=O)OCC1=CC=CCC1. The summed E-state index contributed by atoms with van der Waals surface area (Å²) >= 11 is 0. The summed E-state index contributed by atoms with van der Waals surface area (Å²) in [5.74, 6) is -1.63. The molecule has 9 nitrogen and oxygen atoms in total. The molecule has 0 spiro atoms. The van der Waals surface area contributed by atoms with E-state index in [1.807, 2.05) is 109 Å². The van der Waals surface area contributed by atoms with Crippen molar-refractivity contribution in [2.24, 2.45) is 0 Å². The molecule has 228 valence electrons. The molecule has 0 bridgehead atoms. The lowest BCUT2D eigenvalue weighted by Gasteiger charge is -2.37. The lowest BCUT2D eigenvalue weighted by Crippen LogP contribution is -2.50. The maximum Gasteiger partial charge on any atom is 0.408 e. The number of hydrogen-bond acceptors (Lipinski definition) is 6. The van der Waals surface area contributed by atoms with Crippen molar-refractivity contribution in [2.45, 2.75) is 37.3 Å². The van der Waals surface area contributed by atoms with Gasteiger partial charge in [0, 0.05) is 6.42 Å². The van der Waals surface area contributed by atoms with Crippen molar-refractivity contribution >= 4 is 23.9 Å². The Morgan fingerprint density at radius 3 is 1.91 bits per heavy atom. The molecule has 1 atom stereocenters. The molecule has 1 aliphatic rings. The van der Waals surface area contributed by atoms with Crippen molar-refractivity contribution in [1.29, 1.82) is 0 Å². The highest BCUT2D eigenvalue weighted by atomic mass is 16.5. The number of carbonyl (C=O) groups is 4. The van der Waals surface area contributed by atoms with Gasteiger partial charge in [-0.3, -0.25) is 14.4 Å². The van der Waals surface area contributed by atoms with Crippen LogP contribution in [0.4, 0.5) is 4.79 Å². The van der Waals surface area contributed by atoms with Gasteiger partial charge >= 0.3 is 12.1 Å². The van der Waals surface area contributed by atoms with Crippen LogP contribution in [0, 0.1) is 0 Å². The van der Waals surface area contributed by atoms with Crippen molar-refractivity contribution < 1.29 is 28.7 Å². The topological polar surface area (TPSA) is 123 Å². The quantitative estimate of drug-likeness (QED) is 0.197. The number of carbonyl (C=O) groups excluding carboxylic acids is 4. The summed E-state index contributed by atoms with van der Waals surface area (Å²) in [4.78, 5) is 51.1. The number of allylic oxidation sites excluding steroid dienone is 3. The molecule has 0 aromatic heterocycles. The average molecular weight is 596 g/mol. The highest BCUT2D eigenvalue weighted by Gasteiger charge is 2.38. The number of methoxy groups -OCH3 is 1. The fraction of sp³-hybridized carbons (Fsp3) is 0.257. The van der Waals surface area contributed by atoms with Crippen molar-refractivity contribution in [3.63, 3.8) is 0 Å². The van der Waals surface area contributed by atoms with Gasteiger partial charge in [-0.15, -0.1) is 0 Å². The van der Waals surface area contributed by atoms with Gasteiger partial charge < -0.3 is 25.4 Å². The van der Waals surface area contributed by atoms with Gasteiger partial charge in [-0.25, -0.2) is 4.79 Å². The molecule has 44 heavy (non-hydrogen) atoms. The van der Waals surface area contributed by atoms with Gasteiger partial charge in [0.2, 0.25) is 11.8 Å². The molecule has 0 saturated heterocycles. The minimum Gasteiger partial charge on any atom is -0.468 e. The van der Waals surface area contributed by atoms with Crippen LogP contribution in [0.15, 0.2) is 115 Å². The smallest absolute Gasteiger partial charge is 0.408 e. The summed E-state index contributed by atoms with van der Waals surface area (Å²) in [5, 5.41) is 8.27. The first-order valence-corrected chi connectivity index (χ1v) is 14.5. The number of nitrogens with one attached hydrogen (secondary N) is 3. The van der Waals surface area contributed by atoms with Crippen LogP contribution in [-0.2, 0) is 29.4 Å². The van der Waals surface area contributed by atoms with Crippen LogP contribution >= 0.6 is 0 Å². The Kier molecular flexibility index (Phi) is 11.5. The van der Waals surface area contributed by atoms with E-state index in [1.54, 1.807) is 0 Å². The second-order valence-electron chi connectivity index (χ2n) is 10.3. The molecule has 9 heteroatoms. The molecule has 0 aliphatic heterocycles. The third kappa shape index (κ3) is 8.44. The summed E-state index contributed by atoms with van der Waals surface area (Å²) in [6, 6.07) is 27.8. The van der Waals surface area contributed by atoms with E-state index in [4.69, 9.17) is 4.74 Å².